The molecule has 0 bridgehead atoms. The second kappa shape index (κ2) is 18.9. The number of fused-ring (bicyclic) bond motifs is 1. The molecule has 5 aromatic rings. The van der Waals surface area contributed by atoms with Gasteiger partial charge >= 0.3 is 0 Å². The molecule has 0 spiro atoms. The summed E-state index contributed by atoms with van der Waals surface area (Å²) < 4.78 is 0. The van der Waals surface area contributed by atoms with Crippen LogP contribution in [0.3, 0.4) is 0 Å². The van der Waals surface area contributed by atoms with Crippen LogP contribution in [-0.4, -0.2) is 72.8 Å². The van der Waals surface area contributed by atoms with Crippen LogP contribution in [0.1, 0.15) is 52.9 Å². The van der Waals surface area contributed by atoms with Gasteiger partial charge in [-0.05, 0) is 84.6 Å². The van der Waals surface area contributed by atoms with Gasteiger partial charge < -0.3 is 15.1 Å². The van der Waals surface area contributed by atoms with Gasteiger partial charge in [0.05, 0.1) is 12.5 Å². The lowest BCUT2D eigenvalue weighted by molar-refractivity contribution is -0.136. The summed E-state index contributed by atoms with van der Waals surface area (Å²) in [6, 6.07) is 41.4. The van der Waals surface area contributed by atoms with Crippen LogP contribution < -0.4 is 5.32 Å². The third-order valence-corrected chi connectivity index (χ3v) is 9.82. The Morgan fingerprint density at radius 1 is 0.804 bits per heavy atom. The molecule has 6 nitrogen and oxygen atoms in total. The molecule has 0 aliphatic carbocycles. The number of carbonyl (C=O) groups excluding carboxylic acids is 2. The minimum Gasteiger partial charge on any atom is -0.351 e. The summed E-state index contributed by atoms with van der Waals surface area (Å²) in [4.78, 5) is 34.5. The number of benzene rings is 5. The van der Waals surface area contributed by atoms with E-state index in [2.05, 4.69) is 112 Å². The zero-order chi connectivity index (χ0) is 34.2. The first-order chi connectivity index (χ1) is 23.9. The molecule has 1 aliphatic rings. The van der Waals surface area contributed by atoms with Crippen molar-refractivity contribution in [3.8, 4) is 11.1 Å². The van der Waals surface area contributed by atoms with Gasteiger partial charge in [0.15, 0.2) is 0 Å². The fourth-order valence-electron chi connectivity index (χ4n) is 7.18. The fraction of sp³-hybridized carbons (Fsp3) is 0.302. The first-order valence-electron chi connectivity index (χ1n) is 17.5. The second-order valence-electron chi connectivity index (χ2n) is 13.5. The Morgan fingerprint density at radius 3 is 2.24 bits per heavy atom. The Hall–Kier alpha value is -4.20. The average molecular weight is 726 g/mol. The van der Waals surface area contributed by atoms with Crippen LogP contribution in [0.4, 0.5) is 0 Å². The third kappa shape index (κ3) is 9.99. The summed E-state index contributed by atoms with van der Waals surface area (Å²) >= 11 is 0. The Kier molecular flexibility index (Phi) is 14.6. The first-order valence-corrected chi connectivity index (χ1v) is 17.5. The minimum absolute atomic E-state index is 0. The first kappa shape index (κ1) is 39.6. The van der Waals surface area contributed by atoms with Crippen LogP contribution in [0.15, 0.2) is 121 Å². The van der Waals surface area contributed by atoms with Gasteiger partial charge in [0.1, 0.15) is 0 Å². The van der Waals surface area contributed by atoms with Crippen molar-refractivity contribution >= 4 is 47.4 Å². The maximum Gasteiger partial charge on any atom is 0.251 e. The van der Waals surface area contributed by atoms with E-state index in [1.54, 1.807) is 0 Å². The summed E-state index contributed by atoms with van der Waals surface area (Å²) in [6.07, 6.45) is 2.20. The lowest BCUT2D eigenvalue weighted by atomic mass is 9.93. The van der Waals surface area contributed by atoms with Gasteiger partial charge in [0.2, 0.25) is 5.91 Å². The number of hydrogen-bond donors (Lipinski definition) is 1. The van der Waals surface area contributed by atoms with E-state index < -0.39 is 0 Å². The van der Waals surface area contributed by atoms with E-state index in [4.69, 9.17) is 0 Å². The molecule has 51 heavy (non-hydrogen) atoms. The smallest absolute Gasteiger partial charge is 0.251 e. The minimum atomic E-state index is -0.144. The fourth-order valence-corrected chi connectivity index (χ4v) is 7.18. The van der Waals surface area contributed by atoms with E-state index in [0.29, 0.717) is 18.5 Å². The topological polar surface area (TPSA) is 55.9 Å². The van der Waals surface area contributed by atoms with Crippen molar-refractivity contribution in [2.24, 2.45) is 0 Å². The summed E-state index contributed by atoms with van der Waals surface area (Å²) in [5.41, 5.74) is 5.97. The van der Waals surface area contributed by atoms with Gasteiger partial charge in [-0.25, -0.2) is 0 Å². The molecule has 8 heteroatoms. The summed E-state index contributed by atoms with van der Waals surface area (Å²) in [5.74, 6) is 0.0708. The molecule has 1 heterocycles. The van der Waals surface area contributed by atoms with Gasteiger partial charge in [-0.15, -0.1) is 24.8 Å². The van der Waals surface area contributed by atoms with Gasteiger partial charge in [0.25, 0.3) is 5.91 Å². The summed E-state index contributed by atoms with van der Waals surface area (Å²) in [6.45, 7) is 6.33. The maximum absolute atomic E-state index is 14.5. The standard InChI is InChI=1S/C43H48N4O2.2ClH/c1-32(35-17-12-18-36(29-35)40-21-9-10-22-41(40)43(49)44-25-28-45(2)3)47(38-23-26-46(27-24-38)31-33-13-5-4-6-14-33)42(48)30-37-19-11-16-34-15-7-8-20-39(34)37;;/h4-22,29,32,38H,23-28,30-31H2,1-3H3,(H,44,49);2*1H. The molecule has 1 saturated heterocycles. The van der Waals surface area contributed by atoms with Crippen LogP contribution >= 0.6 is 24.8 Å². The number of likely N-dealkylation sites (N-methyl/N-ethyl adjacent to an activating group) is 1. The Balaban J connectivity index is 0.00000292. The molecule has 0 saturated carbocycles. The molecule has 1 N–H and O–H groups in total. The number of amides is 2. The molecule has 0 radical (unpaired) electrons. The van der Waals surface area contributed by atoms with Gasteiger partial charge in [0, 0.05) is 44.3 Å². The predicted molar refractivity (Wildman–Crippen MR) is 215 cm³/mol. The van der Waals surface area contributed by atoms with Crippen molar-refractivity contribution in [1.29, 1.82) is 0 Å². The van der Waals surface area contributed by atoms with Crippen molar-refractivity contribution in [3.63, 3.8) is 0 Å². The number of carbonyl (C=O) groups is 2. The molecule has 1 unspecified atom stereocenters. The van der Waals surface area contributed by atoms with E-state index in [1.165, 1.54) is 5.56 Å². The third-order valence-electron chi connectivity index (χ3n) is 9.82. The quantitative estimate of drug-likeness (QED) is 0.140. The van der Waals surface area contributed by atoms with Crippen molar-refractivity contribution in [2.75, 3.05) is 40.3 Å². The molecule has 268 valence electrons. The highest BCUT2D eigenvalue weighted by Crippen LogP contribution is 2.33. The number of nitrogens with one attached hydrogen (secondary N) is 1. The van der Waals surface area contributed by atoms with Gasteiger partial charge in [-0.3, -0.25) is 14.5 Å². The van der Waals surface area contributed by atoms with Crippen molar-refractivity contribution < 1.29 is 9.59 Å². The number of halogens is 2. The lowest BCUT2D eigenvalue weighted by Gasteiger charge is -2.42. The van der Waals surface area contributed by atoms with E-state index in [1.807, 2.05) is 50.5 Å². The molecule has 1 atom stereocenters. The predicted octanol–water partition coefficient (Wildman–Crippen LogP) is 8.44. The van der Waals surface area contributed by atoms with E-state index in [0.717, 1.165) is 72.0 Å². The molecule has 1 fully saturated rings. The van der Waals surface area contributed by atoms with Crippen LogP contribution in [0.5, 0.6) is 0 Å². The molecule has 6 rings (SSSR count). The highest BCUT2D eigenvalue weighted by molar-refractivity contribution is 6.01. The number of rotatable bonds is 12. The highest BCUT2D eigenvalue weighted by Gasteiger charge is 2.32. The molecular weight excluding hydrogens is 675 g/mol. The maximum atomic E-state index is 14.5. The zero-order valence-corrected chi connectivity index (χ0v) is 31.5. The Labute approximate surface area is 315 Å². The van der Waals surface area contributed by atoms with E-state index in [-0.39, 0.29) is 48.7 Å². The van der Waals surface area contributed by atoms with Crippen molar-refractivity contribution in [1.82, 2.24) is 20.0 Å². The van der Waals surface area contributed by atoms with Crippen LogP contribution in [0.2, 0.25) is 0 Å². The zero-order valence-electron chi connectivity index (χ0n) is 29.8. The molecule has 1 aliphatic heterocycles. The van der Waals surface area contributed by atoms with Crippen molar-refractivity contribution in [3.05, 3.63) is 144 Å². The molecular formula is C43H50Cl2N4O2. The SMILES string of the molecule is CC(c1cccc(-c2ccccc2C(=O)NCCN(C)C)c1)N(C(=O)Cc1cccc2ccccc12)C1CCN(Cc2ccccc2)CC1.Cl.Cl. The number of piperidine rings is 1. The van der Waals surface area contributed by atoms with E-state index in [9.17, 15) is 9.59 Å². The summed E-state index contributed by atoms with van der Waals surface area (Å²) in [7, 11) is 3.99. The van der Waals surface area contributed by atoms with Gasteiger partial charge in [-0.1, -0.05) is 109 Å². The molecule has 5 aromatic carbocycles. The van der Waals surface area contributed by atoms with Crippen LogP contribution in [-0.2, 0) is 17.8 Å². The van der Waals surface area contributed by atoms with E-state index >= 15 is 0 Å². The molecule has 0 aromatic heterocycles. The average Bonchev–Trinajstić information content (AvgIpc) is 3.13. The number of nitrogens with zero attached hydrogens (tertiary/aromatic N) is 3. The highest BCUT2D eigenvalue weighted by atomic mass is 35.5. The lowest BCUT2D eigenvalue weighted by Crippen LogP contribution is -2.48. The normalized spacial score (nSPS) is 14.0. The monoisotopic (exact) mass is 724 g/mol. The Bertz CT molecular complexity index is 1870. The second-order valence-corrected chi connectivity index (χ2v) is 13.5. The largest absolute Gasteiger partial charge is 0.351 e. The van der Waals surface area contributed by atoms with Gasteiger partial charge in [-0.2, -0.15) is 0 Å². The Morgan fingerprint density at radius 2 is 1.47 bits per heavy atom. The van der Waals surface area contributed by atoms with Crippen LogP contribution in [0, 0.1) is 0 Å². The summed E-state index contributed by atoms with van der Waals surface area (Å²) in [5, 5.41) is 5.35. The van der Waals surface area contributed by atoms with Crippen molar-refractivity contribution in [2.45, 2.75) is 44.8 Å². The molecule has 2 amide bonds. The number of hydrogen-bond acceptors (Lipinski definition) is 4. The van der Waals surface area contributed by atoms with Crippen LogP contribution in [0.25, 0.3) is 21.9 Å². The number of likely N-dealkylation sites (tertiary alicyclic amines) is 1.